The van der Waals surface area contributed by atoms with Crippen molar-refractivity contribution in [2.75, 3.05) is 13.2 Å². The standard InChI is InChI=1S/C13H19NO3/c1-13(2,16)12(15)14-8-9-17-10-11-6-4-3-5-7-11/h3-7,16H,8-10H2,1-2H3,(H,14,15). The highest BCUT2D eigenvalue weighted by Crippen LogP contribution is 2.01. The van der Waals surface area contributed by atoms with Gasteiger partial charge in [-0.25, -0.2) is 0 Å². The lowest BCUT2D eigenvalue weighted by molar-refractivity contribution is -0.136. The maximum atomic E-state index is 11.3. The molecule has 0 atom stereocenters. The molecule has 0 aliphatic rings. The second-order valence-electron chi connectivity index (χ2n) is 4.35. The summed E-state index contributed by atoms with van der Waals surface area (Å²) in [6, 6.07) is 9.82. The Kier molecular flexibility index (Phi) is 5.12. The summed E-state index contributed by atoms with van der Waals surface area (Å²) in [5, 5.41) is 12.0. The van der Waals surface area contributed by atoms with Crippen molar-refractivity contribution in [2.24, 2.45) is 0 Å². The molecule has 1 aromatic carbocycles. The van der Waals surface area contributed by atoms with Crippen LogP contribution in [0.3, 0.4) is 0 Å². The summed E-state index contributed by atoms with van der Waals surface area (Å²) >= 11 is 0. The van der Waals surface area contributed by atoms with E-state index in [1.54, 1.807) is 0 Å². The topological polar surface area (TPSA) is 58.6 Å². The number of benzene rings is 1. The molecule has 0 saturated heterocycles. The first-order chi connectivity index (χ1) is 8.00. The summed E-state index contributed by atoms with van der Waals surface area (Å²) in [7, 11) is 0. The summed E-state index contributed by atoms with van der Waals surface area (Å²) in [5.74, 6) is -0.388. The maximum Gasteiger partial charge on any atom is 0.251 e. The average molecular weight is 237 g/mol. The molecule has 4 nitrogen and oxygen atoms in total. The Bertz CT molecular complexity index is 343. The van der Waals surface area contributed by atoms with Crippen LogP contribution in [0.25, 0.3) is 0 Å². The van der Waals surface area contributed by atoms with Gasteiger partial charge >= 0.3 is 0 Å². The molecule has 0 bridgehead atoms. The number of rotatable bonds is 6. The molecule has 0 radical (unpaired) electrons. The number of amides is 1. The molecule has 2 N–H and O–H groups in total. The normalized spacial score (nSPS) is 11.2. The Morgan fingerprint density at radius 1 is 1.35 bits per heavy atom. The number of nitrogens with one attached hydrogen (secondary N) is 1. The lowest BCUT2D eigenvalue weighted by Gasteiger charge is -2.16. The minimum atomic E-state index is -1.33. The van der Waals surface area contributed by atoms with Crippen molar-refractivity contribution in [3.05, 3.63) is 35.9 Å². The summed E-state index contributed by atoms with van der Waals surface area (Å²) in [6.07, 6.45) is 0. The molecule has 94 valence electrons. The first-order valence-electron chi connectivity index (χ1n) is 5.62. The molecule has 4 heteroatoms. The first kappa shape index (κ1) is 13.7. The lowest BCUT2D eigenvalue weighted by atomic mass is 10.1. The van der Waals surface area contributed by atoms with Crippen LogP contribution in [-0.4, -0.2) is 29.8 Å². The average Bonchev–Trinajstić information content (AvgIpc) is 2.28. The van der Waals surface area contributed by atoms with Crippen molar-refractivity contribution in [3.8, 4) is 0 Å². The summed E-state index contributed by atoms with van der Waals surface area (Å²) in [5.41, 5.74) is -0.235. The third kappa shape index (κ3) is 5.47. The lowest BCUT2D eigenvalue weighted by Crippen LogP contribution is -2.43. The van der Waals surface area contributed by atoms with Gasteiger partial charge in [-0.2, -0.15) is 0 Å². The number of aliphatic hydroxyl groups is 1. The fraction of sp³-hybridized carbons (Fsp3) is 0.462. The van der Waals surface area contributed by atoms with Gasteiger partial charge in [-0.15, -0.1) is 0 Å². The number of carbonyl (C=O) groups is 1. The second-order valence-corrected chi connectivity index (χ2v) is 4.35. The van der Waals surface area contributed by atoms with E-state index >= 15 is 0 Å². The summed E-state index contributed by atoms with van der Waals surface area (Å²) in [4.78, 5) is 11.3. The van der Waals surface area contributed by atoms with Gasteiger partial charge in [0.05, 0.1) is 13.2 Å². The molecule has 0 spiro atoms. The summed E-state index contributed by atoms with van der Waals surface area (Å²) < 4.78 is 5.39. The van der Waals surface area contributed by atoms with Gasteiger partial charge in [0.2, 0.25) is 0 Å². The minimum absolute atomic E-state index is 0.388. The van der Waals surface area contributed by atoms with Gasteiger partial charge in [-0.3, -0.25) is 4.79 Å². The van der Waals surface area contributed by atoms with Gasteiger partial charge in [0.25, 0.3) is 5.91 Å². The van der Waals surface area contributed by atoms with E-state index in [2.05, 4.69) is 5.32 Å². The van der Waals surface area contributed by atoms with E-state index < -0.39 is 5.60 Å². The van der Waals surface area contributed by atoms with Gasteiger partial charge in [0.15, 0.2) is 0 Å². The van der Waals surface area contributed by atoms with E-state index in [0.717, 1.165) is 5.56 Å². The van der Waals surface area contributed by atoms with Crippen molar-refractivity contribution in [3.63, 3.8) is 0 Å². The number of ether oxygens (including phenoxy) is 1. The predicted octanol–water partition coefficient (Wildman–Crippen LogP) is 1.09. The Morgan fingerprint density at radius 2 is 2.00 bits per heavy atom. The molecule has 0 heterocycles. The Labute approximate surface area is 102 Å². The molecule has 0 unspecified atom stereocenters. The van der Waals surface area contributed by atoms with Gasteiger partial charge in [-0.05, 0) is 19.4 Å². The number of hydrogen-bond acceptors (Lipinski definition) is 3. The van der Waals surface area contributed by atoms with Crippen LogP contribution < -0.4 is 5.32 Å². The third-order valence-electron chi connectivity index (χ3n) is 2.20. The van der Waals surface area contributed by atoms with Crippen LogP contribution in [-0.2, 0) is 16.1 Å². The van der Waals surface area contributed by atoms with Crippen LogP contribution in [0.2, 0.25) is 0 Å². The van der Waals surface area contributed by atoms with Gasteiger partial charge in [0, 0.05) is 6.54 Å². The minimum Gasteiger partial charge on any atom is -0.381 e. The molecular formula is C13H19NO3. The first-order valence-corrected chi connectivity index (χ1v) is 5.62. The largest absolute Gasteiger partial charge is 0.381 e. The van der Waals surface area contributed by atoms with E-state index in [1.807, 2.05) is 30.3 Å². The van der Waals surface area contributed by atoms with Gasteiger partial charge < -0.3 is 15.2 Å². The zero-order valence-electron chi connectivity index (χ0n) is 10.3. The highest BCUT2D eigenvalue weighted by atomic mass is 16.5. The Balaban J connectivity index is 2.12. The molecule has 0 saturated carbocycles. The fourth-order valence-corrected chi connectivity index (χ4v) is 1.22. The third-order valence-corrected chi connectivity index (χ3v) is 2.20. The molecule has 0 aliphatic heterocycles. The van der Waals surface area contributed by atoms with Crippen molar-refractivity contribution < 1.29 is 14.6 Å². The SMILES string of the molecule is CC(C)(O)C(=O)NCCOCc1ccccc1. The van der Waals surface area contributed by atoms with E-state index in [-0.39, 0.29) is 5.91 Å². The molecule has 1 amide bonds. The summed E-state index contributed by atoms with van der Waals surface area (Å²) in [6.45, 7) is 4.26. The molecular weight excluding hydrogens is 218 g/mol. The van der Waals surface area contributed by atoms with Crippen LogP contribution in [0, 0.1) is 0 Å². The highest BCUT2D eigenvalue weighted by molar-refractivity contribution is 5.83. The zero-order valence-corrected chi connectivity index (χ0v) is 10.3. The van der Waals surface area contributed by atoms with E-state index in [9.17, 15) is 9.90 Å². The molecule has 17 heavy (non-hydrogen) atoms. The van der Waals surface area contributed by atoms with Crippen LogP contribution in [0.4, 0.5) is 0 Å². The maximum absolute atomic E-state index is 11.3. The Morgan fingerprint density at radius 3 is 2.59 bits per heavy atom. The van der Waals surface area contributed by atoms with Gasteiger partial charge in [0.1, 0.15) is 5.60 Å². The van der Waals surface area contributed by atoms with E-state index in [1.165, 1.54) is 13.8 Å². The second kappa shape index (κ2) is 6.37. The quantitative estimate of drug-likeness (QED) is 0.728. The van der Waals surface area contributed by atoms with Crippen molar-refractivity contribution in [1.29, 1.82) is 0 Å². The fourth-order valence-electron chi connectivity index (χ4n) is 1.22. The number of hydrogen-bond donors (Lipinski definition) is 2. The zero-order chi connectivity index (χ0) is 12.7. The van der Waals surface area contributed by atoms with Crippen LogP contribution in [0.15, 0.2) is 30.3 Å². The smallest absolute Gasteiger partial charge is 0.251 e. The molecule has 0 fully saturated rings. The molecule has 1 aromatic rings. The number of carbonyl (C=O) groups excluding carboxylic acids is 1. The van der Waals surface area contributed by atoms with Crippen molar-refractivity contribution >= 4 is 5.91 Å². The van der Waals surface area contributed by atoms with E-state index in [0.29, 0.717) is 19.8 Å². The van der Waals surface area contributed by atoms with Gasteiger partial charge in [-0.1, -0.05) is 30.3 Å². The van der Waals surface area contributed by atoms with Crippen LogP contribution in [0.5, 0.6) is 0 Å². The molecule has 1 rings (SSSR count). The van der Waals surface area contributed by atoms with Crippen molar-refractivity contribution in [1.82, 2.24) is 5.32 Å². The Hall–Kier alpha value is -1.39. The van der Waals surface area contributed by atoms with Crippen LogP contribution in [0.1, 0.15) is 19.4 Å². The van der Waals surface area contributed by atoms with E-state index in [4.69, 9.17) is 4.74 Å². The van der Waals surface area contributed by atoms with Crippen molar-refractivity contribution in [2.45, 2.75) is 26.1 Å². The predicted molar refractivity (Wildman–Crippen MR) is 65.4 cm³/mol. The molecule has 0 aromatic heterocycles. The highest BCUT2D eigenvalue weighted by Gasteiger charge is 2.22. The molecule has 0 aliphatic carbocycles. The van der Waals surface area contributed by atoms with Crippen LogP contribution >= 0.6 is 0 Å². The monoisotopic (exact) mass is 237 g/mol.